The predicted octanol–water partition coefficient (Wildman–Crippen LogP) is 3.04. The van der Waals surface area contributed by atoms with E-state index < -0.39 is 5.91 Å². The SMILES string of the molecule is COc1ccc(Cl)cc1C(=O)Nc1ccnc(Cl)n1. The van der Waals surface area contributed by atoms with Crippen LogP contribution in [-0.4, -0.2) is 23.0 Å². The van der Waals surface area contributed by atoms with E-state index in [-0.39, 0.29) is 5.28 Å². The molecular formula is C12H9Cl2N3O2. The molecule has 0 aliphatic carbocycles. The largest absolute Gasteiger partial charge is 0.496 e. The maximum Gasteiger partial charge on any atom is 0.260 e. The number of hydrogen-bond acceptors (Lipinski definition) is 4. The van der Waals surface area contributed by atoms with Crippen molar-refractivity contribution in [3.05, 3.63) is 46.3 Å². The summed E-state index contributed by atoms with van der Waals surface area (Å²) in [7, 11) is 1.47. The van der Waals surface area contributed by atoms with E-state index in [4.69, 9.17) is 27.9 Å². The number of aromatic nitrogens is 2. The van der Waals surface area contributed by atoms with Crippen LogP contribution in [-0.2, 0) is 0 Å². The zero-order chi connectivity index (χ0) is 13.8. The third kappa shape index (κ3) is 3.33. The third-order valence-corrected chi connectivity index (χ3v) is 2.69. The van der Waals surface area contributed by atoms with Crippen LogP contribution >= 0.6 is 23.2 Å². The molecule has 1 N–H and O–H groups in total. The Kier molecular flexibility index (Phi) is 4.19. The topological polar surface area (TPSA) is 64.1 Å². The van der Waals surface area contributed by atoms with Gasteiger partial charge in [-0.25, -0.2) is 9.97 Å². The molecular weight excluding hydrogens is 289 g/mol. The number of carbonyl (C=O) groups is 1. The van der Waals surface area contributed by atoms with Gasteiger partial charge in [0.1, 0.15) is 11.6 Å². The van der Waals surface area contributed by atoms with Gasteiger partial charge in [-0.2, -0.15) is 0 Å². The van der Waals surface area contributed by atoms with Gasteiger partial charge < -0.3 is 10.1 Å². The van der Waals surface area contributed by atoms with Crippen molar-refractivity contribution in [2.75, 3.05) is 12.4 Å². The van der Waals surface area contributed by atoms with E-state index in [1.807, 2.05) is 0 Å². The molecule has 1 amide bonds. The first-order valence-electron chi connectivity index (χ1n) is 5.23. The van der Waals surface area contributed by atoms with Crippen molar-refractivity contribution >= 4 is 34.9 Å². The van der Waals surface area contributed by atoms with Gasteiger partial charge in [-0.1, -0.05) is 11.6 Å². The van der Waals surface area contributed by atoms with E-state index >= 15 is 0 Å². The van der Waals surface area contributed by atoms with Crippen LogP contribution in [0.25, 0.3) is 0 Å². The Morgan fingerprint density at radius 2 is 2.11 bits per heavy atom. The van der Waals surface area contributed by atoms with Crippen LogP contribution < -0.4 is 10.1 Å². The molecule has 1 aromatic heterocycles. The quantitative estimate of drug-likeness (QED) is 0.885. The van der Waals surface area contributed by atoms with E-state index in [1.165, 1.54) is 25.4 Å². The Balaban J connectivity index is 2.27. The van der Waals surface area contributed by atoms with E-state index in [0.29, 0.717) is 22.2 Å². The first-order valence-corrected chi connectivity index (χ1v) is 5.99. The molecule has 5 nitrogen and oxygen atoms in total. The Hall–Kier alpha value is -1.85. The lowest BCUT2D eigenvalue weighted by molar-refractivity contribution is 0.102. The fourth-order valence-corrected chi connectivity index (χ4v) is 1.77. The maximum absolute atomic E-state index is 12.1. The summed E-state index contributed by atoms with van der Waals surface area (Å²) in [6, 6.07) is 6.29. The summed E-state index contributed by atoms with van der Waals surface area (Å²) in [6.07, 6.45) is 1.44. The Labute approximate surface area is 119 Å². The smallest absolute Gasteiger partial charge is 0.260 e. The van der Waals surface area contributed by atoms with Gasteiger partial charge in [-0.15, -0.1) is 0 Å². The molecule has 7 heteroatoms. The van der Waals surface area contributed by atoms with Crippen molar-refractivity contribution < 1.29 is 9.53 Å². The van der Waals surface area contributed by atoms with Gasteiger partial charge >= 0.3 is 0 Å². The normalized spacial score (nSPS) is 10.1. The minimum absolute atomic E-state index is 0.0517. The Morgan fingerprint density at radius 1 is 1.32 bits per heavy atom. The molecule has 98 valence electrons. The van der Waals surface area contributed by atoms with E-state index in [9.17, 15) is 4.79 Å². The van der Waals surface area contributed by atoms with Crippen LogP contribution in [0.4, 0.5) is 5.82 Å². The number of ether oxygens (including phenoxy) is 1. The zero-order valence-corrected chi connectivity index (χ0v) is 11.4. The van der Waals surface area contributed by atoms with Gasteiger partial charge in [-0.3, -0.25) is 4.79 Å². The van der Waals surface area contributed by atoms with Crippen LogP contribution in [0.3, 0.4) is 0 Å². The molecule has 0 spiro atoms. The number of nitrogens with one attached hydrogen (secondary N) is 1. The number of carbonyl (C=O) groups excluding carboxylic acids is 1. The first-order chi connectivity index (χ1) is 9.10. The van der Waals surface area contributed by atoms with Gasteiger partial charge in [0.25, 0.3) is 5.91 Å². The molecule has 0 radical (unpaired) electrons. The summed E-state index contributed by atoms with van der Waals surface area (Å²) < 4.78 is 5.10. The molecule has 2 aromatic rings. The Morgan fingerprint density at radius 3 is 2.79 bits per heavy atom. The van der Waals surface area contributed by atoms with Gasteiger partial charge in [0.05, 0.1) is 12.7 Å². The molecule has 1 aromatic carbocycles. The van der Waals surface area contributed by atoms with Gasteiger partial charge in [0.15, 0.2) is 0 Å². The molecule has 1 heterocycles. The highest BCUT2D eigenvalue weighted by Crippen LogP contribution is 2.23. The average Bonchev–Trinajstić information content (AvgIpc) is 2.38. The molecule has 0 aliphatic rings. The van der Waals surface area contributed by atoms with Crippen LogP contribution in [0, 0.1) is 0 Å². The Bertz CT molecular complexity index is 620. The van der Waals surface area contributed by atoms with Gasteiger partial charge in [0.2, 0.25) is 5.28 Å². The van der Waals surface area contributed by atoms with Gasteiger partial charge in [-0.05, 0) is 35.9 Å². The highest BCUT2D eigenvalue weighted by atomic mass is 35.5. The lowest BCUT2D eigenvalue weighted by atomic mass is 10.2. The van der Waals surface area contributed by atoms with Crippen LogP contribution in [0.5, 0.6) is 5.75 Å². The maximum atomic E-state index is 12.1. The second-order valence-corrected chi connectivity index (χ2v) is 4.28. The van der Waals surface area contributed by atoms with Crippen LogP contribution in [0.15, 0.2) is 30.5 Å². The summed E-state index contributed by atoms with van der Waals surface area (Å²) in [4.78, 5) is 19.7. The predicted molar refractivity (Wildman–Crippen MR) is 73.0 cm³/mol. The number of halogens is 2. The van der Waals surface area contributed by atoms with E-state index in [1.54, 1.807) is 12.1 Å². The highest BCUT2D eigenvalue weighted by molar-refractivity contribution is 6.31. The summed E-state index contributed by atoms with van der Waals surface area (Å²) in [5.74, 6) is 0.322. The fraction of sp³-hybridized carbons (Fsp3) is 0.0833. The molecule has 0 bridgehead atoms. The average molecular weight is 298 g/mol. The number of amides is 1. The van der Waals surface area contributed by atoms with Crippen molar-refractivity contribution in [2.45, 2.75) is 0 Å². The monoisotopic (exact) mass is 297 g/mol. The minimum atomic E-state index is -0.394. The fourth-order valence-electron chi connectivity index (χ4n) is 1.45. The highest BCUT2D eigenvalue weighted by Gasteiger charge is 2.13. The van der Waals surface area contributed by atoms with Crippen molar-refractivity contribution in [1.82, 2.24) is 9.97 Å². The van der Waals surface area contributed by atoms with Crippen LogP contribution in [0.1, 0.15) is 10.4 Å². The summed E-state index contributed by atoms with van der Waals surface area (Å²) in [6.45, 7) is 0. The second-order valence-electron chi connectivity index (χ2n) is 3.51. The lowest BCUT2D eigenvalue weighted by Crippen LogP contribution is -2.14. The van der Waals surface area contributed by atoms with Crippen molar-refractivity contribution in [3.8, 4) is 5.75 Å². The second kappa shape index (κ2) is 5.86. The standard InChI is InChI=1S/C12H9Cl2N3O2/c1-19-9-3-2-7(13)6-8(9)11(18)16-10-4-5-15-12(14)17-10/h2-6H,1H3,(H,15,16,17,18). The van der Waals surface area contributed by atoms with Gasteiger partial charge in [0, 0.05) is 11.2 Å². The molecule has 0 aliphatic heterocycles. The number of nitrogens with zero attached hydrogens (tertiary/aromatic N) is 2. The third-order valence-electron chi connectivity index (χ3n) is 2.27. The lowest BCUT2D eigenvalue weighted by Gasteiger charge is -2.09. The number of benzene rings is 1. The first kappa shape index (κ1) is 13.6. The summed E-state index contributed by atoms with van der Waals surface area (Å²) in [5, 5.41) is 3.08. The van der Waals surface area contributed by atoms with Crippen molar-refractivity contribution in [2.24, 2.45) is 0 Å². The molecule has 0 atom stereocenters. The summed E-state index contributed by atoms with van der Waals surface area (Å²) in [5.41, 5.74) is 0.310. The molecule has 0 saturated carbocycles. The summed E-state index contributed by atoms with van der Waals surface area (Å²) >= 11 is 11.5. The number of hydrogen-bond donors (Lipinski definition) is 1. The van der Waals surface area contributed by atoms with Crippen molar-refractivity contribution in [3.63, 3.8) is 0 Å². The molecule has 0 unspecified atom stereocenters. The number of methoxy groups -OCH3 is 1. The molecule has 0 fully saturated rings. The molecule has 0 saturated heterocycles. The molecule has 19 heavy (non-hydrogen) atoms. The number of rotatable bonds is 3. The van der Waals surface area contributed by atoms with E-state index in [0.717, 1.165) is 0 Å². The van der Waals surface area contributed by atoms with E-state index in [2.05, 4.69) is 15.3 Å². The van der Waals surface area contributed by atoms with Crippen molar-refractivity contribution in [1.29, 1.82) is 0 Å². The van der Waals surface area contributed by atoms with Crippen LogP contribution in [0.2, 0.25) is 10.3 Å². The molecule has 2 rings (SSSR count). The number of anilines is 1. The minimum Gasteiger partial charge on any atom is -0.496 e. The zero-order valence-electron chi connectivity index (χ0n) is 9.85.